The number of benzene rings is 1. The van der Waals surface area contributed by atoms with Crippen molar-refractivity contribution in [3.8, 4) is 0 Å². The third-order valence-electron chi connectivity index (χ3n) is 4.50. The van der Waals surface area contributed by atoms with Crippen LogP contribution in [-0.4, -0.2) is 48.7 Å². The molecule has 4 amide bonds. The van der Waals surface area contributed by atoms with Gasteiger partial charge in [-0.3, -0.25) is 19.8 Å². The molecule has 0 spiro atoms. The van der Waals surface area contributed by atoms with Gasteiger partial charge in [0, 0.05) is 43.2 Å². The highest BCUT2D eigenvalue weighted by molar-refractivity contribution is 6.05. The number of nitrogens with zero attached hydrogens (tertiary/aromatic N) is 2. The summed E-state index contributed by atoms with van der Waals surface area (Å²) >= 11 is 0. The van der Waals surface area contributed by atoms with Crippen LogP contribution in [0, 0.1) is 5.92 Å². The van der Waals surface area contributed by atoms with E-state index in [1.54, 1.807) is 29.2 Å². The fourth-order valence-electron chi connectivity index (χ4n) is 3.02. The molecular weight excluding hydrogens is 310 g/mol. The number of carbonyl (C=O) groups is 4. The molecule has 2 aliphatic heterocycles. The van der Waals surface area contributed by atoms with E-state index in [0.29, 0.717) is 43.7 Å². The number of amides is 4. The van der Waals surface area contributed by atoms with E-state index in [0.717, 1.165) is 6.29 Å². The van der Waals surface area contributed by atoms with Crippen LogP contribution in [0.4, 0.5) is 10.5 Å². The van der Waals surface area contributed by atoms with Crippen LogP contribution in [0.2, 0.25) is 0 Å². The van der Waals surface area contributed by atoms with Gasteiger partial charge < -0.3 is 9.69 Å². The number of carbonyl (C=O) groups excluding carboxylic acids is 4. The Kier molecular flexibility index (Phi) is 4.59. The molecule has 2 heterocycles. The summed E-state index contributed by atoms with van der Waals surface area (Å²) in [5.41, 5.74) is 1.20. The van der Waals surface area contributed by atoms with Crippen LogP contribution in [0.15, 0.2) is 24.3 Å². The average molecular weight is 329 g/mol. The van der Waals surface area contributed by atoms with Gasteiger partial charge in [-0.25, -0.2) is 4.79 Å². The lowest BCUT2D eigenvalue weighted by Crippen LogP contribution is -2.49. The maximum absolute atomic E-state index is 12.5. The van der Waals surface area contributed by atoms with E-state index in [-0.39, 0.29) is 24.2 Å². The van der Waals surface area contributed by atoms with Crippen LogP contribution in [0.3, 0.4) is 0 Å². The van der Waals surface area contributed by atoms with Crippen molar-refractivity contribution in [3.63, 3.8) is 0 Å². The standard InChI is InChI=1S/C17H19N3O4/c21-11-12-5-8-19(9-6-12)16(23)13-1-3-14(4-2-13)20-10-7-15(22)18-17(20)24/h1-4,11-12H,5-10H2,(H,18,22,24). The molecule has 1 aromatic carbocycles. The van der Waals surface area contributed by atoms with Crippen molar-refractivity contribution in [1.82, 2.24) is 10.2 Å². The second-order valence-electron chi connectivity index (χ2n) is 6.07. The van der Waals surface area contributed by atoms with E-state index in [1.165, 1.54) is 4.90 Å². The first-order chi connectivity index (χ1) is 11.6. The highest BCUT2D eigenvalue weighted by Gasteiger charge is 2.25. The third-order valence-corrected chi connectivity index (χ3v) is 4.50. The van der Waals surface area contributed by atoms with Crippen LogP contribution in [0.25, 0.3) is 0 Å². The molecule has 0 saturated carbocycles. The Labute approximate surface area is 139 Å². The summed E-state index contributed by atoms with van der Waals surface area (Å²) in [7, 11) is 0. The van der Waals surface area contributed by atoms with Gasteiger partial charge in [0.15, 0.2) is 0 Å². The molecule has 24 heavy (non-hydrogen) atoms. The second-order valence-corrected chi connectivity index (χ2v) is 6.07. The summed E-state index contributed by atoms with van der Waals surface area (Å²) in [6, 6.07) is 6.35. The second kappa shape index (κ2) is 6.82. The molecule has 0 aliphatic carbocycles. The maximum Gasteiger partial charge on any atom is 0.328 e. The lowest BCUT2D eigenvalue weighted by Gasteiger charge is -2.30. The molecule has 0 bridgehead atoms. The number of hydrogen-bond donors (Lipinski definition) is 1. The molecule has 1 aromatic rings. The summed E-state index contributed by atoms with van der Waals surface area (Å²) in [5.74, 6) is -0.289. The molecule has 2 fully saturated rings. The van der Waals surface area contributed by atoms with Gasteiger partial charge in [-0.05, 0) is 37.1 Å². The minimum atomic E-state index is -0.443. The highest BCUT2D eigenvalue weighted by atomic mass is 16.2. The Balaban J connectivity index is 1.66. The van der Waals surface area contributed by atoms with Gasteiger partial charge in [0.05, 0.1) is 0 Å². The molecule has 3 rings (SSSR count). The first-order valence-corrected chi connectivity index (χ1v) is 8.04. The Hall–Kier alpha value is -2.70. The molecule has 0 unspecified atom stereocenters. The number of aldehydes is 1. The topological polar surface area (TPSA) is 86.8 Å². The Bertz CT molecular complexity index is 663. The van der Waals surface area contributed by atoms with Crippen LogP contribution < -0.4 is 10.2 Å². The fourth-order valence-corrected chi connectivity index (χ4v) is 3.02. The smallest absolute Gasteiger partial charge is 0.328 e. The predicted octanol–water partition coefficient (Wildman–Crippen LogP) is 1.18. The zero-order valence-corrected chi connectivity index (χ0v) is 13.2. The van der Waals surface area contributed by atoms with Crippen molar-refractivity contribution in [2.75, 3.05) is 24.5 Å². The fraction of sp³-hybridized carbons (Fsp3) is 0.412. The molecule has 1 N–H and O–H groups in total. The molecule has 0 radical (unpaired) electrons. The number of piperidine rings is 1. The molecular formula is C17H19N3O4. The number of imide groups is 1. The van der Waals surface area contributed by atoms with Crippen molar-refractivity contribution < 1.29 is 19.2 Å². The number of anilines is 1. The van der Waals surface area contributed by atoms with Gasteiger partial charge in [-0.2, -0.15) is 0 Å². The number of rotatable bonds is 3. The average Bonchev–Trinajstić information content (AvgIpc) is 2.61. The van der Waals surface area contributed by atoms with E-state index < -0.39 is 6.03 Å². The summed E-state index contributed by atoms with van der Waals surface area (Å²) in [6.45, 7) is 1.50. The van der Waals surface area contributed by atoms with Crippen molar-refractivity contribution in [2.45, 2.75) is 19.3 Å². The predicted molar refractivity (Wildman–Crippen MR) is 86.6 cm³/mol. The van der Waals surface area contributed by atoms with E-state index in [2.05, 4.69) is 5.32 Å². The zero-order chi connectivity index (χ0) is 17.1. The first-order valence-electron chi connectivity index (χ1n) is 8.04. The lowest BCUT2D eigenvalue weighted by molar-refractivity contribution is -0.120. The Morgan fingerprint density at radius 2 is 1.75 bits per heavy atom. The summed E-state index contributed by atoms with van der Waals surface area (Å²) < 4.78 is 0. The highest BCUT2D eigenvalue weighted by Crippen LogP contribution is 2.21. The Morgan fingerprint density at radius 3 is 2.33 bits per heavy atom. The van der Waals surface area contributed by atoms with Crippen LogP contribution in [0.5, 0.6) is 0 Å². The Morgan fingerprint density at radius 1 is 1.08 bits per heavy atom. The molecule has 2 saturated heterocycles. The molecule has 126 valence electrons. The SMILES string of the molecule is O=CC1CCN(C(=O)c2ccc(N3CCC(=O)NC3=O)cc2)CC1. The number of nitrogens with one attached hydrogen (secondary N) is 1. The minimum Gasteiger partial charge on any atom is -0.339 e. The van der Waals surface area contributed by atoms with Gasteiger partial charge in [0.2, 0.25) is 5.91 Å². The zero-order valence-electron chi connectivity index (χ0n) is 13.2. The van der Waals surface area contributed by atoms with E-state index in [4.69, 9.17) is 0 Å². The van der Waals surface area contributed by atoms with E-state index in [9.17, 15) is 19.2 Å². The van der Waals surface area contributed by atoms with Crippen molar-refractivity contribution in [3.05, 3.63) is 29.8 Å². The number of urea groups is 1. The van der Waals surface area contributed by atoms with Crippen molar-refractivity contribution in [2.24, 2.45) is 5.92 Å². The van der Waals surface area contributed by atoms with Gasteiger partial charge >= 0.3 is 6.03 Å². The van der Waals surface area contributed by atoms with Gasteiger partial charge in [-0.15, -0.1) is 0 Å². The minimum absolute atomic E-state index is 0.0525. The maximum atomic E-state index is 12.5. The quantitative estimate of drug-likeness (QED) is 0.844. The molecule has 2 aliphatic rings. The van der Waals surface area contributed by atoms with Gasteiger partial charge in [0.1, 0.15) is 6.29 Å². The van der Waals surface area contributed by atoms with Crippen molar-refractivity contribution in [1.29, 1.82) is 0 Å². The van der Waals surface area contributed by atoms with Crippen molar-refractivity contribution >= 4 is 29.8 Å². The largest absolute Gasteiger partial charge is 0.339 e. The van der Waals surface area contributed by atoms with Crippen LogP contribution in [0.1, 0.15) is 29.6 Å². The van der Waals surface area contributed by atoms with Gasteiger partial charge in [0.25, 0.3) is 5.91 Å². The molecule has 0 atom stereocenters. The first kappa shape index (κ1) is 16.2. The number of hydrogen-bond acceptors (Lipinski definition) is 4. The number of likely N-dealkylation sites (tertiary alicyclic amines) is 1. The summed E-state index contributed by atoms with van der Waals surface area (Å²) in [5, 5.41) is 2.27. The summed E-state index contributed by atoms with van der Waals surface area (Å²) in [6.07, 6.45) is 2.63. The van der Waals surface area contributed by atoms with E-state index >= 15 is 0 Å². The summed E-state index contributed by atoms with van der Waals surface area (Å²) in [4.78, 5) is 49.5. The normalized spacial score (nSPS) is 19.2. The molecule has 0 aromatic heterocycles. The molecule has 7 heteroatoms. The van der Waals surface area contributed by atoms with E-state index in [1.807, 2.05) is 0 Å². The monoisotopic (exact) mass is 329 g/mol. The van der Waals surface area contributed by atoms with Gasteiger partial charge in [-0.1, -0.05) is 0 Å². The molecule has 7 nitrogen and oxygen atoms in total. The lowest BCUT2D eigenvalue weighted by atomic mass is 9.98. The van der Waals surface area contributed by atoms with Crippen LogP contribution >= 0.6 is 0 Å². The third kappa shape index (κ3) is 3.29. The van der Waals surface area contributed by atoms with Crippen LogP contribution in [-0.2, 0) is 9.59 Å².